The summed E-state index contributed by atoms with van der Waals surface area (Å²) < 4.78 is 5.47. The van der Waals surface area contributed by atoms with Gasteiger partial charge in [0, 0.05) is 25.5 Å². The molecule has 1 aromatic rings. The molecule has 0 aliphatic carbocycles. The highest BCUT2D eigenvalue weighted by molar-refractivity contribution is 5.38. The molecule has 2 heterocycles. The van der Waals surface area contributed by atoms with Crippen LogP contribution in [0.5, 0.6) is 0 Å². The Kier molecular flexibility index (Phi) is 5.61. The summed E-state index contributed by atoms with van der Waals surface area (Å²) in [7, 11) is 0. The van der Waals surface area contributed by atoms with Crippen molar-refractivity contribution in [2.24, 2.45) is 5.92 Å². The van der Waals surface area contributed by atoms with Gasteiger partial charge in [0.25, 0.3) is 0 Å². The Hall–Kier alpha value is -1.13. The maximum atomic E-state index is 5.94. The summed E-state index contributed by atoms with van der Waals surface area (Å²) in [6, 6.07) is 4.51. The molecule has 2 atom stereocenters. The van der Waals surface area contributed by atoms with E-state index in [-0.39, 0.29) is 0 Å². The average molecular weight is 263 g/mol. The number of ether oxygens (including phenoxy) is 1. The van der Waals surface area contributed by atoms with Crippen LogP contribution in [0.4, 0.5) is 5.82 Å². The number of nitrogens with two attached hydrogens (primary N) is 1. The van der Waals surface area contributed by atoms with Crippen LogP contribution in [-0.2, 0) is 11.2 Å². The number of aromatic nitrogens is 1. The number of anilines is 1. The van der Waals surface area contributed by atoms with Gasteiger partial charge in [-0.15, -0.1) is 0 Å². The van der Waals surface area contributed by atoms with Crippen molar-refractivity contribution in [3.63, 3.8) is 0 Å². The summed E-state index contributed by atoms with van der Waals surface area (Å²) in [5.41, 5.74) is 7.09. The lowest BCUT2D eigenvalue weighted by Crippen LogP contribution is -2.34. The molecule has 4 heteroatoms. The number of hydrogen-bond donors (Lipinski definition) is 2. The molecular formula is C15H25N3O. The molecule has 0 amide bonds. The van der Waals surface area contributed by atoms with Crippen molar-refractivity contribution in [2.75, 3.05) is 25.5 Å². The topological polar surface area (TPSA) is 60.2 Å². The van der Waals surface area contributed by atoms with Crippen LogP contribution in [0.25, 0.3) is 0 Å². The van der Waals surface area contributed by atoms with E-state index in [1.165, 1.54) is 6.42 Å². The number of rotatable bonds is 7. The van der Waals surface area contributed by atoms with Crippen LogP contribution in [0, 0.1) is 5.92 Å². The van der Waals surface area contributed by atoms with Crippen molar-refractivity contribution in [3.8, 4) is 0 Å². The van der Waals surface area contributed by atoms with E-state index >= 15 is 0 Å². The van der Waals surface area contributed by atoms with Gasteiger partial charge in [-0.2, -0.15) is 0 Å². The number of pyridine rings is 1. The molecule has 4 nitrogen and oxygen atoms in total. The second-order valence-corrected chi connectivity index (χ2v) is 5.37. The van der Waals surface area contributed by atoms with E-state index in [2.05, 4.69) is 23.3 Å². The third kappa shape index (κ3) is 4.48. The van der Waals surface area contributed by atoms with Crippen LogP contribution in [0.1, 0.15) is 31.7 Å². The molecule has 1 aromatic heterocycles. The molecule has 1 aliphatic heterocycles. The smallest absolute Gasteiger partial charge is 0.126 e. The standard InChI is InChI=1S/C15H25N3O/c1-2-6-17-14(9-12-5-8-19-11-12)10-13-4-3-7-18-15(13)16/h3-4,7,12,14,17H,2,5-6,8-11H2,1H3,(H2,16,18). The second-order valence-electron chi connectivity index (χ2n) is 5.37. The normalized spacial score (nSPS) is 20.6. The van der Waals surface area contributed by atoms with Crippen molar-refractivity contribution >= 4 is 5.82 Å². The Labute approximate surface area is 115 Å². The maximum Gasteiger partial charge on any atom is 0.126 e. The van der Waals surface area contributed by atoms with Crippen molar-refractivity contribution in [1.82, 2.24) is 10.3 Å². The van der Waals surface area contributed by atoms with Crippen molar-refractivity contribution in [2.45, 2.75) is 38.6 Å². The SMILES string of the molecule is CCCNC(Cc1cccnc1N)CC1CCOC1. The zero-order chi connectivity index (χ0) is 13.5. The first-order valence-electron chi connectivity index (χ1n) is 7.30. The zero-order valence-corrected chi connectivity index (χ0v) is 11.8. The van der Waals surface area contributed by atoms with E-state index in [0.717, 1.165) is 44.6 Å². The van der Waals surface area contributed by atoms with Gasteiger partial charge in [0.05, 0.1) is 0 Å². The van der Waals surface area contributed by atoms with Gasteiger partial charge in [-0.1, -0.05) is 13.0 Å². The third-order valence-electron chi connectivity index (χ3n) is 3.72. The summed E-state index contributed by atoms with van der Waals surface area (Å²) in [5, 5.41) is 3.63. The lowest BCUT2D eigenvalue weighted by Gasteiger charge is -2.21. The van der Waals surface area contributed by atoms with E-state index < -0.39 is 0 Å². The molecule has 0 spiro atoms. The molecule has 1 fully saturated rings. The number of hydrogen-bond acceptors (Lipinski definition) is 4. The number of nitrogen functional groups attached to an aromatic ring is 1. The first kappa shape index (κ1) is 14.3. The maximum absolute atomic E-state index is 5.94. The lowest BCUT2D eigenvalue weighted by atomic mass is 9.94. The molecule has 3 N–H and O–H groups in total. The summed E-state index contributed by atoms with van der Waals surface area (Å²) in [6.45, 7) is 5.08. The molecule has 2 unspecified atom stereocenters. The minimum Gasteiger partial charge on any atom is -0.383 e. The molecule has 0 bridgehead atoms. The fraction of sp³-hybridized carbons (Fsp3) is 0.667. The van der Waals surface area contributed by atoms with Crippen LogP contribution in [-0.4, -0.2) is 30.8 Å². The van der Waals surface area contributed by atoms with Gasteiger partial charge in [-0.25, -0.2) is 4.98 Å². The quantitative estimate of drug-likeness (QED) is 0.790. The molecule has 1 aliphatic rings. The lowest BCUT2D eigenvalue weighted by molar-refractivity contribution is 0.181. The van der Waals surface area contributed by atoms with Crippen LogP contribution < -0.4 is 11.1 Å². The Morgan fingerprint density at radius 2 is 2.47 bits per heavy atom. The minimum absolute atomic E-state index is 0.471. The monoisotopic (exact) mass is 263 g/mol. The van der Waals surface area contributed by atoms with Gasteiger partial charge in [-0.05, 0) is 49.8 Å². The number of nitrogens with zero attached hydrogens (tertiary/aromatic N) is 1. The predicted octanol–water partition coefficient (Wildman–Crippen LogP) is 2.00. The van der Waals surface area contributed by atoms with Crippen LogP contribution in [0.3, 0.4) is 0 Å². The summed E-state index contributed by atoms with van der Waals surface area (Å²) >= 11 is 0. The third-order valence-corrected chi connectivity index (χ3v) is 3.72. The molecule has 2 rings (SSSR count). The van der Waals surface area contributed by atoms with Crippen molar-refractivity contribution < 1.29 is 4.74 Å². The largest absolute Gasteiger partial charge is 0.383 e. The van der Waals surface area contributed by atoms with E-state index in [0.29, 0.717) is 17.8 Å². The second kappa shape index (κ2) is 7.46. The van der Waals surface area contributed by atoms with Gasteiger partial charge in [-0.3, -0.25) is 0 Å². The highest BCUT2D eigenvalue weighted by Gasteiger charge is 2.21. The molecule has 0 radical (unpaired) electrons. The fourth-order valence-corrected chi connectivity index (χ4v) is 2.65. The van der Waals surface area contributed by atoms with Gasteiger partial charge in [0.1, 0.15) is 5.82 Å². The molecule has 0 saturated carbocycles. The molecule has 19 heavy (non-hydrogen) atoms. The van der Waals surface area contributed by atoms with Gasteiger partial charge < -0.3 is 15.8 Å². The Bertz CT molecular complexity index is 377. The van der Waals surface area contributed by atoms with Gasteiger partial charge in [0.2, 0.25) is 0 Å². The fourth-order valence-electron chi connectivity index (χ4n) is 2.65. The van der Waals surface area contributed by atoms with Crippen LogP contribution in [0.2, 0.25) is 0 Å². The summed E-state index contributed by atoms with van der Waals surface area (Å²) in [5.74, 6) is 1.35. The van der Waals surface area contributed by atoms with Gasteiger partial charge >= 0.3 is 0 Å². The molecular weight excluding hydrogens is 238 g/mol. The summed E-state index contributed by atoms with van der Waals surface area (Å²) in [6.07, 6.45) is 6.20. The highest BCUT2D eigenvalue weighted by atomic mass is 16.5. The molecule has 1 saturated heterocycles. The molecule has 106 valence electrons. The van der Waals surface area contributed by atoms with Crippen molar-refractivity contribution in [1.29, 1.82) is 0 Å². The minimum atomic E-state index is 0.471. The highest BCUT2D eigenvalue weighted by Crippen LogP contribution is 2.21. The number of nitrogens with one attached hydrogen (secondary N) is 1. The van der Waals surface area contributed by atoms with E-state index in [4.69, 9.17) is 10.5 Å². The van der Waals surface area contributed by atoms with Crippen LogP contribution in [0.15, 0.2) is 18.3 Å². The van der Waals surface area contributed by atoms with E-state index in [1.807, 2.05) is 6.07 Å². The Morgan fingerprint density at radius 3 is 3.16 bits per heavy atom. The Balaban J connectivity index is 1.94. The van der Waals surface area contributed by atoms with E-state index in [1.54, 1.807) is 6.20 Å². The average Bonchev–Trinajstić information content (AvgIpc) is 2.91. The van der Waals surface area contributed by atoms with E-state index in [9.17, 15) is 0 Å². The Morgan fingerprint density at radius 1 is 1.58 bits per heavy atom. The molecule has 0 aromatic carbocycles. The summed E-state index contributed by atoms with van der Waals surface area (Å²) in [4.78, 5) is 4.17. The predicted molar refractivity (Wildman–Crippen MR) is 78.0 cm³/mol. The van der Waals surface area contributed by atoms with Gasteiger partial charge in [0.15, 0.2) is 0 Å². The zero-order valence-electron chi connectivity index (χ0n) is 11.8. The first-order chi connectivity index (χ1) is 9.29. The van der Waals surface area contributed by atoms with Crippen LogP contribution >= 0.6 is 0 Å². The van der Waals surface area contributed by atoms with Crippen molar-refractivity contribution in [3.05, 3.63) is 23.9 Å². The first-order valence-corrected chi connectivity index (χ1v) is 7.30.